The van der Waals surface area contributed by atoms with E-state index in [4.69, 9.17) is 15.6 Å². The lowest BCUT2D eigenvalue weighted by Crippen LogP contribution is -2.50. The van der Waals surface area contributed by atoms with Crippen molar-refractivity contribution in [1.82, 2.24) is 4.90 Å². The molecule has 0 bridgehead atoms. The molecule has 1 saturated heterocycles. The van der Waals surface area contributed by atoms with E-state index in [2.05, 4.69) is 12.1 Å². The Labute approximate surface area is 178 Å². The Morgan fingerprint density at radius 2 is 1.93 bits per heavy atom. The number of carbonyl (C=O) groups is 3. The molecule has 0 aromatic heterocycles. The van der Waals surface area contributed by atoms with Gasteiger partial charge in [-0.3, -0.25) is 9.59 Å². The Bertz CT molecular complexity index is 707. The molecule has 1 aromatic rings. The van der Waals surface area contributed by atoms with E-state index in [1.165, 1.54) is 10.5 Å². The smallest absolute Gasteiger partial charge is 0.326 e. The van der Waals surface area contributed by atoms with Gasteiger partial charge in [-0.2, -0.15) is 0 Å². The molecule has 7 nitrogen and oxygen atoms in total. The molecule has 1 saturated carbocycles. The molecule has 7 heteroatoms. The number of aryl methyl sites for hydroxylation is 1. The molecule has 30 heavy (non-hydrogen) atoms. The van der Waals surface area contributed by atoms with Gasteiger partial charge >= 0.3 is 11.9 Å². The molecule has 0 radical (unpaired) electrons. The number of nitrogens with two attached hydrogens (primary N) is 1. The Morgan fingerprint density at radius 1 is 1.23 bits per heavy atom. The maximum atomic E-state index is 11.9. The highest BCUT2D eigenvalue weighted by molar-refractivity contribution is 5.87. The first-order chi connectivity index (χ1) is 14.3. The summed E-state index contributed by atoms with van der Waals surface area (Å²) in [6.07, 6.45) is 5.97. The van der Waals surface area contributed by atoms with Crippen molar-refractivity contribution in [2.75, 3.05) is 6.61 Å². The van der Waals surface area contributed by atoms with E-state index >= 15 is 0 Å². The number of likely N-dealkylation sites (tertiary alicyclic amines) is 1. The minimum atomic E-state index is -0.900. The Morgan fingerprint density at radius 3 is 2.53 bits per heavy atom. The highest BCUT2D eigenvalue weighted by Crippen LogP contribution is 2.41. The zero-order valence-corrected chi connectivity index (χ0v) is 18.0. The van der Waals surface area contributed by atoms with Crippen LogP contribution in [0.5, 0.6) is 0 Å². The van der Waals surface area contributed by atoms with Gasteiger partial charge in [0, 0.05) is 12.5 Å². The quantitative estimate of drug-likeness (QED) is 0.659. The van der Waals surface area contributed by atoms with Gasteiger partial charge in [0.2, 0.25) is 5.91 Å². The summed E-state index contributed by atoms with van der Waals surface area (Å²) in [5, 5.41) is 9.13. The summed E-state index contributed by atoms with van der Waals surface area (Å²) in [5.74, 6) is -0.850. The van der Waals surface area contributed by atoms with E-state index in [0.717, 1.165) is 32.1 Å². The average molecular weight is 419 g/mol. The summed E-state index contributed by atoms with van der Waals surface area (Å²) in [6, 6.07) is 9.01. The molecule has 1 aliphatic carbocycles. The first-order valence-corrected chi connectivity index (χ1v) is 10.8. The number of aliphatic carboxylic acids is 1. The number of benzene rings is 1. The third-order valence-electron chi connectivity index (χ3n) is 5.76. The van der Waals surface area contributed by atoms with Gasteiger partial charge in [-0.25, -0.2) is 4.79 Å². The molecule has 1 aromatic carbocycles. The Balaban J connectivity index is 0.000000216. The van der Waals surface area contributed by atoms with Gasteiger partial charge in [0.15, 0.2) is 0 Å². The molecule has 3 N–H and O–H groups in total. The van der Waals surface area contributed by atoms with E-state index in [1.54, 1.807) is 6.92 Å². The van der Waals surface area contributed by atoms with Crippen molar-refractivity contribution < 1.29 is 24.2 Å². The highest BCUT2D eigenvalue weighted by Gasteiger charge is 2.49. The van der Waals surface area contributed by atoms with Crippen molar-refractivity contribution >= 4 is 17.8 Å². The fourth-order valence-corrected chi connectivity index (χ4v) is 4.38. The lowest BCUT2D eigenvalue weighted by molar-refractivity contribution is -0.150. The number of amides is 1. The molecule has 2 fully saturated rings. The summed E-state index contributed by atoms with van der Waals surface area (Å²) in [7, 11) is 0. The number of hydrogen-bond acceptors (Lipinski definition) is 5. The van der Waals surface area contributed by atoms with Crippen molar-refractivity contribution in [3.05, 3.63) is 35.9 Å². The second-order valence-electron chi connectivity index (χ2n) is 8.03. The van der Waals surface area contributed by atoms with Crippen LogP contribution < -0.4 is 5.73 Å². The van der Waals surface area contributed by atoms with Gasteiger partial charge < -0.3 is 20.5 Å². The fraction of sp³-hybridized carbons (Fsp3) is 0.609. The second-order valence-corrected chi connectivity index (χ2v) is 8.03. The van der Waals surface area contributed by atoms with Crippen LogP contribution in [0.4, 0.5) is 0 Å². The Kier molecular flexibility index (Phi) is 9.30. The van der Waals surface area contributed by atoms with Crippen LogP contribution in [0.3, 0.4) is 0 Å². The maximum Gasteiger partial charge on any atom is 0.326 e. The van der Waals surface area contributed by atoms with Gasteiger partial charge in [-0.05, 0) is 57.4 Å². The molecule has 2 unspecified atom stereocenters. The van der Waals surface area contributed by atoms with E-state index in [-0.39, 0.29) is 17.9 Å². The summed E-state index contributed by atoms with van der Waals surface area (Å²) >= 11 is 0. The van der Waals surface area contributed by atoms with Crippen molar-refractivity contribution in [3.8, 4) is 0 Å². The van der Waals surface area contributed by atoms with Gasteiger partial charge in [0.05, 0.1) is 12.6 Å². The van der Waals surface area contributed by atoms with Crippen LogP contribution in [-0.4, -0.2) is 52.6 Å². The Hall–Kier alpha value is -2.41. The number of nitrogens with zero attached hydrogens (tertiary/aromatic N) is 1. The molecule has 1 aliphatic heterocycles. The van der Waals surface area contributed by atoms with Crippen molar-refractivity contribution in [2.45, 2.75) is 76.9 Å². The SMILES string of the molecule is CC(N)C(=O)N1C(C(=O)O)C[C@@H]2CCC[C@@H]21.CCOC(=O)CCCc1ccccc1. The molecule has 166 valence electrons. The molecular weight excluding hydrogens is 384 g/mol. The minimum Gasteiger partial charge on any atom is -0.480 e. The van der Waals surface area contributed by atoms with Gasteiger partial charge in [-0.1, -0.05) is 36.8 Å². The molecule has 1 heterocycles. The monoisotopic (exact) mass is 418 g/mol. The summed E-state index contributed by atoms with van der Waals surface area (Å²) in [5.41, 5.74) is 6.85. The third kappa shape index (κ3) is 6.55. The topological polar surface area (TPSA) is 110 Å². The fourth-order valence-electron chi connectivity index (χ4n) is 4.38. The molecule has 3 rings (SSSR count). The largest absolute Gasteiger partial charge is 0.480 e. The van der Waals surface area contributed by atoms with Crippen LogP contribution in [-0.2, 0) is 25.5 Å². The number of carboxylic acid groups (broad SMARTS) is 1. The van der Waals surface area contributed by atoms with Gasteiger partial charge in [0.25, 0.3) is 0 Å². The number of esters is 1. The highest BCUT2D eigenvalue weighted by atomic mass is 16.5. The van der Waals surface area contributed by atoms with E-state index < -0.39 is 18.1 Å². The molecule has 4 atom stereocenters. The van der Waals surface area contributed by atoms with Gasteiger partial charge in [-0.15, -0.1) is 0 Å². The number of hydrogen-bond donors (Lipinski definition) is 2. The summed E-state index contributed by atoms with van der Waals surface area (Å²) < 4.78 is 4.84. The lowest BCUT2D eigenvalue weighted by Gasteiger charge is -2.29. The predicted octanol–water partition coefficient (Wildman–Crippen LogP) is 2.76. The van der Waals surface area contributed by atoms with Crippen LogP contribution in [0.15, 0.2) is 30.3 Å². The third-order valence-corrected chi connectivity index (χ3v) is 5.76. The van der Waals surface area contributed by atoms with Gasteiger partial charge in [0.1, 0.15) is 6.04 Å². The summed E-state index contributed by atoms with van der Waals surface area (Å²) in [6.45, 7) is 3.92. The van der Waals surface area contributed by atoms with Crippen LogP contribution in [0.25, 0.3) is 0 Å². The standard InChI is InChI=1S/C12H16O2.C11H18N2O3/c1-2-14-12(13)10-6-9-11-7-4-3-5-8-11;1-6(12)10(14)13-8-4-2-3-7(8)5-9(13)11(15)16/h3-5,7-8H,2,6,9-10H2,1H3;6-9H,2-5,12H2,1H3,(H,15,16)/t;6?,7-,8-,9?/m.0/s1. The second kappa shape index (κ2) is 11.7. The average Bonchev–Trinajstić information content (AvgIpc) is 3.30. The number of fused-ring (bicyclic) bond motifs is 1. The number of ether oxygens (including phenoxy) is 1. The zero-order chi connectivity index (χ0) is 22.1. The first-order valence-electron chi connectivity index (χ1n) is 10.8. The number of rotatable bonds is 7. The van der Waals surface area contributed by atoms with E-state index in [1.807, 2.05) is 25.1 Å². The maximum absolute atomic E-state index is 11.9. The molecule has 2 aliphatic rings. The normalized spacial score (nSPS) is 23.2. The van der Waals surface area contributed by atoms with Crippen molar-refractivity contribution in [3.63, 3.8) is 0 Å². The first kappa shape index (κ1) is 23.9. The van der Waals surface area contributed by atoms with E-state index in [9.17, 15) is 14.4 Å². The molecule has 0 spiro atoms. The summed E-state index contributed by atoms with van der Waals surface area (Å²) in [4.78, 5) is 35.6. The molecular formula is C23H34N2O5. The van der Waals surface area contributed by atoms with Crippen LogP contribution in [0.2, 0.25) is 0 Å². The van der Waals surface area contributed by atoms with Crippen molar-refractivity contribution in [1.29, 1.82) is 0 Å². The lowest BCUT2D eigenvalue weighted by atomic mass is 10.0. The van der Waals surface area contributed by atoms with Crippen LogP contribution in [0.1, 0.15) is 57.9 Å². The van der Waals surface area contributed by atoms with E-state index in [0.29, 0.717) is 25.4 Å². The van der Waals surface area contributed by atoms with Crippen LogP contribution >= 0.6 is 0 Å². The van der Waals surface area contributed by atoms with Crippen LogP contribution in [0, 0.1) is 5.92 Å². The number of carbonyl (C=O) groups excluding carboxylic acids is 2. The van der Waals surface area contributed by atoms with Crippen molar-refractivity contribution in [2.24, 2.45) is 11.7 Å². The molecule has 1 amide bonds. The number of carboxylic acids is 1. The zero-order valence-electron chi connectivity index (χ0n) is 18.0. The predicted molar refractivity (Wildman–Crippen MR) is 114 cm³/mol. The minimum absolute atomic E-state index is 0.0940.